The van der Waals surface area contributed by atoms with Crippen LogP contribution in [0.1, 0.15) is 11.1 Å². The third kappa shape index (κ3) is 6.76. The van der Waals surface area contributed by atoms with Crippen molar-refractivity contribution in [1.82, 2.24) is 5.43 Å². The Bertz CT molecular complexity index is 1430. The Labute approximate surface area is 213 Å². The molecule has 190 valence electrons. The fourth-order valence-corrected chi connectivity index (χ4v) is 3.07. The Hall–Kier alpha value is -5.04. The Balaban J connectivity index is 1.69. The van der Waals surface area contributed by atoms with E-state index in [-0.39, 0.29) is 17.2 Å². The van der Waals surface area contributed by atoms with Gasteiger partial charge < -0.3 is 14.8 Å². The first-order valence-electron chi connectivity index (χ1n) is 10.3. The van der Waals surface area contributed by atoms with E-state index in [1.807, 2.05) is 0 Å². The van der Waals surface area contributed by atoms with Crippen molar-refractivity contribution in [1.29, 1.82) is 0 Å². The van der Waals surface area contributed by atoms with Crippen LogP contribution in [0.15, 0.2) is 59.7 Å². The van der Waals surface area contributed by atoms with Crippen molar-refractivity contribution in [3.8, 4) is 17.2 Å². The van der Waals surface area contributed by atoms with E-state index in [4.69, 9.17) is 21.1 Å². The fourth-order valence-electron chi connectivity index (χ4n) is 2.89. The second-order valence-corrected chi connectivity index (χ2v) is 7.70. The van der Waals surface area contributed by atoms with Crippen molar-refractivity contribution in [3.63, 3.8) is 0 Å². The zero-order chi connectivity index (χ0) is 27.1. The Kier molecular flexibility index (Phi) is 8.32. The van der Waals surface area contributed by atoms with Gasteiger partial charge in [0.05, 0.1) is 29.2 Å². The molecular formula is C23H18ClN5O8. The molecule has 37 heavy (non-hydrogen) atoms. The molecule has 0 radical (unpaired) electrons. The van der Waals surface area contributed by atoms with Gasteiger partial charge in [0.25, 0.3) is 5.69 Å². The van der Waals surface area contributed by atoms with Gasteiger partial charge in [-0.25, -0.2) is 5.43 Å². The van der Waals surface area contributed by atoms with Crippen molar-refractivity contribution in [3.05, 3.63) is 91.0 Å². The van der Waals surface area contributed by atoms with Gasteiger partial charge in [-0.05, 0) is 54.4 Å². The van der Waals surface area contributed by atoms with Crippen LogP contribution >= 0.6 is 11.6 Å². The Morgan fingerprint density at radius 1 is 0.946 bits per heavy atom. The first-order chi connectivity index (χ1) is 17.6. The summed E-state index contributed by atoms with van der Waals surface area (Å²) >= 11 is 6.00. The van der Waals surface area contributed by atoms with Crippen molar-refractivity contribution in [2.24, 2.45) is 5.10 Å². The lowest BCUT2D eigenvalue weighted by atomic mass is 10.2. The first kappa shape index (κ1) is 26.6. The minimum Gasteiger partial charge on any atom is -0.493 e. The van der Waals surface area contributed by atoms with E-state index < -0.39 is 33.0 Å². The molecule has 0 unspecified atom stereocenters. The van der Waals surface area contributed by atoms with Crippen LogP contribution < -0.4 is 20.2 Å². The number of amides is 2. The van der Waals surface area contributed by atoms with Gasteiger partial charge in [0.1, 0.15) is 0 Å². The van der Waals surface area contributed by atoms with E-state index in [1.54, 1.807) is 19.1 Å². The number of carbonyl (C=O) groups excluding carboxylic acids is 2. The number of methoxy groups -OCH3 is 1. The standard InChI is InChI=1S/C23H18ClN5O8/c1-13-3-5-15(10-17(13)24)26-22(30)23(31)27-25-12-14-4-7-20(21(9-14)36-2)37-19-8-6-16(28(32)33)11-18(19)29(34)35/h3-12H,1-2H3,(H,26,30)(H,27,31)/b25-12+. The van der Waals surface area contributed by atoms with Crippen LogP contribution in [0.4, 0.5) is 17.1 Å². The molecule has 0 aliphatic carbocycles. The number of anilines is 1. The monoisotopic (exact) mass is 527 g/mol. The van der Waals surface area contributed by atoms with E-state index in [0.717, 1.165) is 23.8 Å². The van der Waals surface area contributed by atoms with Crippen LogP contribution in [0.2, 0.25) is 5.02 Å². The normalized spacial score (nSPS) is 10.6. The first-order valence-corrected chi connectivity index (χ1v) is 10.7. The third-order valence-electron chi connectivity index (χ3n) is 4.77. The average Bonchev–Trinajstić information content (AvgIpc) is 2.86. The molecule has 0 aromatic heterocycles. The topological polar surface area (TPSA) is 175 Å². The van der Waals surface area contributed by atoms with Crippen LogP contribution in [0, 0.1) is 27.2 Å². The molecule has 2 N–H and O–H groups in total. The van der Waals surface area contributed by atoms with E-state index >= 15 is 0 Å². The number of nitrogens with one attached hydrogen (secondary N) is 2. The summed E-state index contributed by atoms with van der Waals surface area (Å²) in [5.41, 5.74) is 2.60. The number of nitro groups is 2. The molecule has 14 heteroatoms. The second-order valence-electron chi connectivity index (χ2n) is 7.30. The van der Waals surface area contributed by atoms with Crippen molar-refractivity contribution < 1.29 is 28.9 Å². The smallest absolute Gasteiger partial charge is 0.329 e. The number of hydrazone groups is 1. The molecule has 3 aromatic carbocycles. The highest BCUT2D eigenvalue weighted by atomic mass is 35.5. The maximum absolute atomic E-state index is 12.0. The minimum atomic E-state index is -1.02. The van der Waals surface area contributed by atoms with E-state index in [0.29, 0.717) is 16.3 Å². The highest BCUT2D eigenvalue weighted by Gasteiger charge is 2.22. The molecule has 3 rings (SSSR count). The summed E-state index contributed by atoms with van der Waals surface area (Å²) in [6.07, 6.45) is 1.23. The lowest BCUT2D eigenvalue weighted by molar-refractivity contribution is -0.394. The van der Waals surface area contributed by atoms with Gasteiger partial charge in [-0.2, -0.15) is 5.10 Å². The molecule has 0 aliphatic rings. The molecular weight excluding hydrogens is 510 g/mol. The van der Waals surface area contributed by atoms with Crippen LogP contribution in [-0.4, -0.2) is 35.0 Å². The highest BCUT2D eigenvalue weighted by Crippen LogP contribution is 2.38. The van der Waals surface area contributed by atoms with Crippen molar-refractivity contribution in [2.45, 2.75) is 6.92 Å². The second kappa shape index (κ2) is 11.6. The van der Waals surface area contributed by atoms with Gasteiger partial charge in [0, 0.05) is 16.8 Å². The lowest BCUT2D eigenvalue weighted by Gasteiger charge is -2.11. The summed E-state index contributed by atoms with van der Waals surface area (Å²) < 4.78 is 10.8. The molecule has 0 heterocycles. The number of hydrogen-bond acceptors (Lipinski definition) is 9. The number of ether oxygens (including phenoxy) is 2. The maximum Gasteiger partial charge on any atom is 0.329 e. The highest BCUT2D eigenvalue weighted by molar-refractivity contribution is 6.39. The minimum absolute atomic E-state index is 0.0803. The molecule has 3 aromatic rings. The summed E-state index contributed by atoms with van der Waals surface area (Å²) in [5, 5.41) is 28.8. The SMILES string of the molecule is COc1cc(/C=N/NC(=O)C(=O)Nc2ccc(C)c(Cl)c2)ccc1Oc1ccc([N+](=O)[O-])cc1[N+](=O)[O-]. The van der Waals surface area contributed by atoms with Gasteiger partial charge in [-0.15, -0.1) is 0 Å². The van der Waals surface area contributed by atoms with Gasteiger partial charge in [-0.1, -0.05) is 17.7 Å². The van der Waals surface area contributed by atoms with Crippen LogP contribution in [0.25, 0.3) is 0 Å². The molecule has 0 saturated heterocycles. The molecule has 0 bridgehead atoms. The number of rotatable bonds is 8. The predicted octanol–water partition coefficient (Wildman–Crippen LogP) is 4.35. The summed E-state index contributed by atoms with van der Waals surface area (Å²) in [6.45, 7) is 1.79. The Morgan fingerprint density at radius 2 is 1.68 bits per heavy atom. The largest absolute Gasteiger partial charge is 0.493 e. The molecule has 0 atom stereocenters. The number of nitrogens with zero attached hydrogens (tertiary/aromatic N) is 3. The molecule has 0 fully saturated rings. The van der Waals surface area contributed by atoms with Gasteiger partial charge in [0.2, 0.25) is 5.75 Å². The number of nitro benzene ring substituents is 2. The van der Waals surface area contributed by atoms with E-state index in [2.05, 4.69) is 15.8 Å². The number of aryl methyl sites for hydroxylation is 1. The number of carbonyl (C=O) groups is 2. The third-order valence-corrected chi connectivity index (χ3v) is 5.18. The van der Waals surface area contributed by atoms with Crippen LogP contribution in [-0.2, 0) is 9.59 Å². The van der Waals surface area contributed by atoms with E-state index in [9.17, 15) is 29.8 Å². The van der Waals surface area contributed by atoms with Crippen LogP contribution in [0.5, 0.6) is 17.2 Å². The van der Waals surface area contributed by atoms with Crippen molar-refractivity contribution >= 4 is 46.7 Å². The summed E-state index contributed by atoms with van der Waals surface area (Å²) in [6, 6.07) is 12.1. The summed E-state index contributed by atoms with van der Waals surface area (Å²) in [4.78, 5) is 44.7. The molecule has 0 saturated carbocycles. The zero-order valence-electron chi connectivity index (χ0n) is 19.3. The number of non-ortho nitro benzene ring substituents is 1. The summed E-state index contributed by atoms with van der Waals surface area (Å²) in [7, 11) is 1.33. The molecule has 0 spiro atoms. The number of halogens is 1. The average molecular weight is 528 g/mol. The fraction of sp³-hybridized carbons (Fsp3) is 0.0870. The van der Waals surface area contributed by atoms with Crippen molar-refractivity contribution in [2.75, 3.05) is 12.4 Å². The predicted molar refractivity (Wildman–Crippen MR) is 133 cm³/mol. The van der Waals surface area contributed by atoms with Gasteiger partial charge >= 0.3 is 17.5 Å². The quantitative estimate of drug-likeness (QED) is 0.188. The zero-order valence-corrected chi connectivity index (χ0v) is 20.0. The molecule has 13 nitrogen and oxygen atoms in total. The van der Waals surface area contributed by atoms with Gasteiger partial charge in [0.15, 0.2) is 11.5 Å². The molecule has 0 aliphatic heterocycles. The lowest BCUT2D eigenvalue weighted by Crippen LogP contribution is -2.32. The van der Waals surface area contributed by atoms with E-state index in [1.165, 1.54) is 37.6 Å². The van der Waals surface area contributed by atoms with Crippen LogP contribution in [0.3, 0.4) is 0 Å². The maximum atomic E-state index is 12.0. The van der Waals surface area contributed by atoms with Gasteiger partial charge in [-0.3, -0.25) is 29.8 Å². The summed E-state index contributed by atoms with van der Waals surface area (Å²) in [5.74, 6) is -1.98. The number of hydrogen-bond donors (Lipinski definition) is 2. The molecule has 2 amide bonds. The Morgan fingerprint density at radius 3 is 2.32 bits per heavy atom. The number of benzene rings is 3.